The van der Waals surface area contributed by atoms with Gasteiger partial charge in [0.2, 0.25) is 5.82 Å². The molecule has 1 unspecified atom stereocenters. The largest absolute Gasteiger partial charge is 0.496 e. The van der Waals surface area contributed by atoms with E-state index >= 15 is 0 Å². The van der Waals surface area contributed by atoms with E-state index in [1.165, 1.54) is 24.0 Å². The average Bonchev–Trinajstić information content (AvgIpc) is 3.12. The van der Waals surface area contributed by atoms with Gasteiger partial charge in [-0.15, -0.1) is 15.0 Å². The summed E-state index contributed by atoms with van der Waals surface area (Å²) < 4.78 is 10.7. The molecule has 0 aliphatic carbocycles. The van der Waals surface area contributed by atoms with Crippen LogP contribution < -0.4 is 4.74 Å². The van der Waals surface area contributed by atoms with Gasteiger partial charge < -0.3 is 14.6 Å². The van der Waals surface area contributed by atoms with Crippen molar-refractivity contribution < 1.29 is 19.4 Å². The summed E-state index contributed by atoms with van der Waals surface area (Å²) in [5, 5.41) is 21.5. The Labute approximate surface area is 143 Å². The summed E-state index contributed by atoms with van der Waals surface area (Å²) >= 11 is 0. The lowest BCUT2D eigenvalue weighted by Gasteiger charge is -2.13. The minimum absolute atomic E-state index is 0.118. The first-order valence-electron chi connectivity index (χ1n) is 7.43. The molecule has 0 fully saturated rings. The first-order valence-corrected chi connectivity index (χ1v) is 7.43. The van der Waals surface area contributed by atoms with Crippen LogP contribution in [0.5, 0.6) is 5.75 Å². The van der Waals surface area contributed by atoms with Gasteiger partial charge in [-0.3, -0.25) is 0 Å². The van der Waals surface area contributed by atoms with Gasteiger partial charge in [-0.05, 0) is 23.4 Å². The fraction of sp³-hybridized carbons (Fsp3) is 0.176. The zero-order valence-electron chi connectivity index (χ0n) is 13.7. The number of tetrazole rings is 1. The highest BCUT2D eigenvalue weighted by atomic mass is 16.5. The van der Waals surface area contributed by atoms with E-state index < -0.39 is 12.2 Å². The van der Waals surface area contributed by atoms with Crippen molar-refractivity contribution in [2.45, 2.75) is 6.23 Å². The first-order chi connectivity index (χ1) is 12.1. The van der Waals surface area contributed by atoms with Crippen LogP contribution in [0.4, 0.5) is 0 Å². The number of hydrogen-bond acceptors (Lipinski definition) is 6. The Bertz CT molecular complexity index is 879. The molecule has 0 spiro atoms. The molecule has 8 heteroatoms. The Morgan fingerprint density at radius 2 is 1.92 bits per heavy atom. The van der Waals surface area contributed by atoms with Crippen molar-refractivity contribution in [3.05, 3.63) is 59.7 Å². The number of carboxylic acid groups (broad SMARTS) is 1. The summed E-state index contributed by atoms with van der Waals surface area (Å²) in [5.74, 6) is -0.370. The fourth-order valence-corrected chi connectivity index (χ4v) is 2.42. The first kappa shape index (κ1) is 16.6. The summed E-state index contributed by atoms with van der Waals surface area (Å²) in [5.41, 5.74) is 1.54. The minimum Gasteiger partial charge on any atom is -0.496 e. The van der Waals surface area contributed by atoms with Crippen LogP contribution in [-0.2, 0) is 4.74 Å². The summed E-state index contributed by atoms with van der Waals surface area (Å²) in [6.45, 7) is 0. The third kappa shape index (κ3) is 3.33. The van der Waals surface area contributed by atoms with Crippen LogP contribution in [-0.4, -0.2) is 45.5 Å². The van der Waals surface area contributed by atoms with Crippen LogP contribution >= 0.6 is 0 Å². The van der Waals surface area contributed by atoms with Crippen molar-refractivity contribution in [1.29, 1.82) is 0 Å². The van der Waals surface area contributed by atoms with Gasteiger partial charge in [-0.2, -0.15) is 0 Å². The number of benzene rings is 2. The van der Waals surface area contributed by atoms with E-state index in [-0.39, 0.29) is 5.56 Å². The second kappa shape index (κ2) is 7.10. The molecular formula is C17H16N4O4. The molecule has 128 valence electrons. The monoisotopic (exact) mass is 340 g/mol. The summed E-state index contributed by atoms with van der Waals surface area (Å²) in [6.07, 6.45) is -0.522. The fourth-order valence-electron chi connectivity index (χ4n) is 2.42. The molecule has 0 saturated heterocycles. The third-order valence-corrected chi connectivity index (χ3v) is 3.64. The van der Waals surface area contributed by atoms with E-state index in [0.29, 0.717) is 17.1 Å². The Morgan fingerprint density at radius 1 is 1.16 bits per heavy atom. The van der Waals surface area contributed by atoms with Gasteiger partial charge in [0.05, 0.1) is 18.2 Å². The number of carbonyl (C=O) groups is 1. The van der Waals surface area contributed by atoms with Crippen molar-refractivity contribution in [2.24, 2.45) is 0 Å². The molecule has 1 aromatic heterocycles. The van der Waals surface area contributed by atoms with Crippen molar-refractivity contribution in [3.63, 3.8) is 0 Å². The topological polar surface area (TPSA) is 99.4 Å². The van der Waals surface area contributed by atoms with Gasteiger partial charge in [0.15, 0.2) is 6.23 Å². The lowest BCUT2D eigenvalue weighted by molar-refractivity contribution is 0.0548. The second-order valence-corrected chi connectivity index (χ2v) is 5.15. The minimum atomic E-state index is -1.04. The van der Waals surface area contributed by atoms with Gasteiger partial charge in [0.25, 0.3) is 0 Å². The van der Waals surface area contributed by atoms with E-state index in [0.717, 1.165) is 5.56 Å². The maximum absolute atomic E-state index is 11.1. The predicted octanol–water partition coefficient (Wildman–Crippen LogP) is 2.24. The average molecular weight is 340 g/mol. The zero-order chi connectivity index (χ0) is 17.8. The number of ether oxygens (including phenoxy) is 2. The smallest absolute Gasteiger partial charge is 0.335 e. The van der Waals surface area contributed by atoms with Crippen LogP contribution in [0.1, 0.15) is 22.1 Å². The normalized spacial score (nSPS) is 11.9. The van der Waals surface area contributed by atoms with E-state index in [2.05, 4.69) is 15.4 Å². The van der Waals surface area contributed by atoms with Gasteiger partial charge >= 0.3 is 5.97 Å². The molecule has 3 rings (SSSR count). The molecule has 25 heavy (non-hydrogen) atoms. The van der Waals surface area contributed by atoms with Crippen molar-refractivity contribution >= 4 is 5.97 Å². The van der Waals surface area contributed by atoms with Crippen LogP contribution in [0.15, 0.2) is 48.5 Å². The predicted molar refractivity (Wildman–Crippen MR) is 88.4 cm³/mol. The standard InChI is InChI=1S/C17H16N4O4/c1-24-14-10-12(17(22)23)8-9-13(14)15-18-20-21(19-15)16(25-2)11-6-4-3-5-7-11/h3-10,16H,1-2H3,(H,22,23). The van der Waals surface area contributed by atoms with E-state index in [4.69, 9.17) is 14.6 Å². The van der Waals surface area contributed by atoms with Crippen LogP contribution in [0, 0.1) is 0 Å². The molecule has 8 nitrogen and oxygen atoms in total. The maximum Gasteiger partial charge on any atom is 0.335 e. The van der Waals surface area contributed by atoms with Gasteiger partial charge in [0.1, 0.15) is 5.75 Å². The highest BCUT2D eigenvalue weighted by molar-refractivity contribution is 5.89. The molecule has 0 saturated carbocycles. The summed E-state index contributed by atoms with van der Waals surface area (Å²) in [7, 11) is 3.01. The van der Waals surface area contributed by atoms with E-state index in [1.54, 1.807) is 13.2 Å². The van der Waals surface area contributed by atoms with Crippen LogP contribution in [0.25, 0.3) is 11.4 Å². The molecule has 3 aromatic rings. The van der Waals surface area contributed by atoms with Gasteiger partial charge in [-0.25, -0.2) is 4.79 Å². The quantitative estimate of drug-likeness (QED) is 0.734. The molecule has 0 radical (unpaired) electrons. The van der Waals surface area contributed by atoms with Gasteiger partial charge in [-0.1, -0.05) is 30.3 Å². The summed E-state index contributed by atoms with van der Waals surface area (Å²) in [4.78, 5) is 12.4. The molecule has 0 amide bonds. The van der Waals surface area contributed by atoms with Crippen LogP contribution in [0.2, 0.25) is 0 Å². The molecule has 0 bridgehead atoms. The highest BCUT2D eigenvalue weighted by Gasteiger charge is 2.19. The van der Waals surface area contributed by atoms with Crippen molar-refractivity contribution in [3.8, 4) is 17.1 Å². The number of rotatable bonds is 6. The van der Waals surface area contributed by atoms with E-state index in [9.17, 15) is 4.79 Å². The highest BCUT2D eigenvalue weighted by Crippen LogP contribution is 2.29. The lowest BCUT2D eigenvalue weighted by atomic mass is 10.1. The molecule has 1 heterocycles. The zero-order valence-corrected chi connectivity index (χ0v) is 13.7. The number of aromatic carboxylic acids is 1. The molecule has 0 aliphatic rings. The Hall–Kier alpha value is -3.26. The lowest BCUT2D eigenvalue weighted by Crippen LogP contribution is -2.15. The molecule has 0 aliphatic heterocycles. The van der Waals surface area contributed by atoms with Crippen LogP contribution in [0.3, 0.4) is 0 Å². The molecular weight excluding hydrogens is 324 g/mol. The van der Waals surface area contributed by atoms with E-state index in [1.807, 2.05) is 30.3 Å². The Morgan fingerprint density at radius 3 is 2.56 bits per heavy atom. The van der Waals surface area contributed by atoms with Gasteiger partial charge in [0, 0.05) is 12.7 Å². The number of methoxy groups -OCH3 is 2. The number of aromatic nitrogens is 4. The number of carboxylic acids is 1. The SMILES string of the molecule is COc1cc(C(=O)O)ccc1-c1nnn(C(OC)c2ccccc2)n1. The second-order valence-electron chi connectivity index (χ2n) is 5.15. The molecule has 2 aromatic carbocycles. The third-order valence-electron chi connectivity index (χ3n) is 3.64. The van der Waals surface area contributed by atoms with Crippen molar-refractivity contribution in [2.75, 3.05) is 14.2 Å². The Kier molecular flexibility index (Phi) is 4.71. The molecule has 1 N–H and O–H groups in total. The maximum atomic E-state index is 11.1. The Balaban J connectivity index is 1.97. The molecule has 1 atom stereocenters. The summed E-state index contributed by atoms with van der Waals surface area (Å²) in [6, 6.07) is 14.0. The number of nitrogens with zero attached hydrogens (tertiary/aromatic N) is 4. The number of hydrogen-bond donors (Lipinski definition) is 1. The van der Waals surface area contributed by atoms with Crippen molar-refractivity contribution in [1.82, 2.24) is 20.2 Å².